The Morgan fingerprint density at radius 2 is 2.15 bits per heavy atom. The van der Waals surface area contributed by atoms with Crippen LogP contribution in [-0.4, -0.2) is 35.9 Å². The van der Waals surface area contributed by atoms with E-state index in [2.05, 4.69) is 43.9 Å². The Balaban J connectivity index is 1.80. The van der Waals surface area contributed by atoms with Crippen LogP contribution in [0.3, 0.4) is 0 Å². The van der Waals surface area contributed by atoms with Crippen molar-refractivity contribution in [2.75, 3.05) is 5.32 Å². The molecule has 0 aromatic carbocycles. The van der Waals surface area contributed by atoms with Crippen molar-refractivity contribution in [1.29, 1.82) is 0 Å². The highest BCUT2D eigenvalue weighted by Crippen LogP contribution is 2.28. The fourth-order valence-corrected chi connectivity index (χ4v) is 3.71. The molecular formula is C17H20N6OS2. The molecule has 3 heterocycles. The molecule has 0 saturated carbocycles. The number of aromatic nitrogens is 5. The van der Waals surface area contributed by atoms with Gasteiger partial charge in [0.1, 0.15) is 0 Å². The summed E-state index contributed by atoms with van der Waals surface area (Å²) in [7, 11) is 0. The van der Waals surface area contributed by atoms with E-state index < -0.39 is 0 Å². The molecule has 0 aliphatic carbocycles. The topological polar surface area (TPSA) is 85.6 Å². The summed E-state index contributed by atoms with van der Waals surface area (Å²) in [5.41, 5.74) is 0.910. The van der Waals surface area contributed by atoms with Gasteiger partial charge in [-0.05, 0) is 25.0 Å². The molecular weight excluding hydrogens is 368 g/mol. The standard InChI is InChI=1S/C17H20N6OS2/c1-11(2)10-23-14(13-5-4-6-18-9-13)21-22-17(23)26-12(3)15(24)20-16-19-7-8-25-16/h4-9,11-12H,10H2,1-3H3,(H,19,20,24)/t12-/m0/s1. The van der Waals surface area contributed by atoms with Crippen molar-refractivity contribution in [3.63, 3.8) is 0 Å². The van der Waals surface area contributed by atoms with Gasteiger partial charge in [-0.2, -0.15) is 0 Å². The molecule has 1 amide bonds. The zero-order chi connectivity index (χ0) is 18.5. The Morgan fingerprint density at radius 1 is 1.31 bits per heavy atom. The second kappa shape index (κ2) is 8.41. The molecule has 7 nitrogen and oxygen atoms in total. The first-order valence-corrected chi connectivity index (χ1v) is 10.0. The summed E-state index contributed by atoms with van der Waals surface area (Å²) in [6.45, 7) is 6.90. The first kappa shape index (κ1) is 18.5. The Bertz CT molecular complexity index is 848. The summed E-state index contributed by atoms with van der Waals surface area (Å²) < 4.78 is 2.06. The number of anilines is 1. The molecule has 3 aromatic heterocycles. The summed E-state index contributed by atoms with van der Waals surface area (Å²) >= 11 is 2.79. The van der Waals surface area contributed by atoms with Crippen molar-refractivity contribution in [2.24, 2.45) is 5.92 Å². The molecule has 1 atom stereocenters. The highest BCUT2D eigenvalue weighted by Gasteiger charge is 2.22. The Labute approximate surface area is 160 Å². The maximum atomic E-state index is 12.4. The molecule has 0 unspecified atom stereocenters. The number of pyridine rings is 1. The number of nitrogens with one attached hydrogen (secondary N) is 1. The van der Waals surface area contributed by atoms with Crippen LogP contribution >= 0.6 is 23.1 Å². The molecule has 0 radical (unpaired) electrons. The molecule has 3 aromatic rings. The zero-order valence-electron chi connectivity index (χ0n) is 14.8. The fraction of sp³-hybridized carbons (Fsp3) is 0.353. The van der Waals surface area contributed by atoms with Crippen LogP contribution in [-0.2, 0) is 11.3 Å². The molecule has 0 aliphatic heterocycles. The molecule has 1 N–H and O–H groups in total. The third-order valence-electron chi connectivity index (χ3n) is 3.50. The fourth-order valence-electron chi connectivity index (χ4n) is 2.32. The zero-order valence-corrected chi connectivity index (χ0v) is 16.4. The van der Waals surface area contributed by atoms with Gasteiger partial charge in [-0.15, -0.1) is 21.5 Å². The van der Waals surface area contributed by atoms with E-state index in [4.69, 9.17) is 0 Å². The van der Waals surface area contributed by atoms with Crippen molar-refractivity contribution in [2.45, 2.75) is 37.7 Å². The lowest BCUT2D eigenvalue weighted by molar-refractivity contribution is -0.115. The first-order valence-electron chi connectivity index (χ1n) is 8.25. The van der Waals surface area contributed by atoms with Gasteiger partial charge in [0, 0.05) is 36.1 Å². The largest absolute Gasteiger partial charge is 0.302 e. The van der Waals surface area contributed by atoms with Gasteiger partial charge >= 0.3 is 0 Å². The minimum atomic E-state index is -0.323. The van der Waals surface area contributed by atoms with Gasteiger partial charge in [-0.1, -0.05) is 25.6 Å². The number of hydrogen-bond donors (Lipinski definition) is 1. The lowest BCUT2D eigenvalue weighted by Gasteiger charge is -2.14. The van der Waals surface area contributed by atoms with E-state index in [9.17, 15) is 4.79 Å². The Kier molecular flexibility index (Phi) is 6.00. The number of carbonyl (C=O) groups is 1. The van der Waals surface area contributed by atoms with E-state index in [1.54, 1.807) is 18.6 Å². The molecule has 136 valence electrons. The van der Waals surface area contributed by atoms with Crippen molar-refractivity contribution in [3.8, 4) is 11.4 Å². The first-order chi connectivity index (χ1) is 12.5. The van der Waals surface area contributed by atoms with E-state index >= 15 is 0 Å². The number of carbonyl (C=O) groups excluding carboxylic acids is 1. The van der Waals surface area contributed by atoms with Gasteiger partial charge in [-0.3, -0.25) is 9.78 Å². The molecule has 0 spiro atoms. The van der Waals surface area contributed by atoms with Crippen molar-refractivity contribution < 1.29 is 4.79 Å². The highest BCUT2D eigenvalue weighted by molar-refractivity contribution is 8.00. The predicted octanol–water partition coefficient (Wildman–Crippen LogP) is 3.57. The van der Waals surface area contributed by atoms with Gasteiger partial charge in [0.25, 0.3) is 0 Å². The predicted molar refractivity (Wildman–Crippen MR) is 104 cm³/mol. The molecule has 0 bridgehead atoms. The van der Waals surface area contributed by atoms with E-state index in [0.717, 1.165) is 23.1 Å². The SMILES string of the molecule is CC(C)Cn1c(S[C@@H](C)C(=O)Nc2nccs2)nnc1-c1cccnc1. The van der Waals surface area contributed by atoms with Gasteiger partial charge in [-0.25, -0.2) is 4.98 Å². The molecule has 0 fully saturated rings. The van der Waals surface area contributed by atoms with E-state index in [0.29, 0.717) is 11.0 Å². The van der Waals surface area contributed by atoms with Crippen LogP contribution in [0, 0.1) is 5.92 Å². The highest BCUT2D eigenvalue weighted by atomic mass is 32.2. The summed E-state index contributed by atoms with van der Waals surface area (Å²) in [4.78, 5) is 20.6. The van der Waals surface area contributed by atoms with Crippen LogP contribution in [0.1, 0.15) is 20.8 Å². The molecule has 0 aliphatic rings. The minimum Gasteiger partial charge on any atom is -0.302 e. The van der Waals surface area contributed by atoms with Crippen LogP contribution in [0.5, 0.6) is 0 Å². The number of amides is 1. The summed E-state index contributed by atoms with van der Waals surface area (Å²) in [5, 5.41) is 14.3. The van der Waals surface area contributed by atoms with Gasteiger partial charge in [0.05, 0.1) is 5.25 Å². The smallest absolute Gasteiger partial charge is 0.239 e. The second-order valence-electron chi connectivity index (χ2n) is 6.14. The minimum absolute atomic E-state index is 0.105. The molecule has 0 saturated heterocycles. The van der Waals surface area contributed by atoms with Crippen molar-refractivity contribution in [1.82, 2.24) is 24.7 Å². The molecule has 3 rings (SSSR count). The van der Waals surface area contributed by atoms with Gasteiger partial charge < -0.3 is 9.88 Å². The lowest BCUT2D eigenvalue weighted by atomic mass is 10.2. The van der Waals surface area contributed by atoms with E-state index in [1.165, 1.54) is 23.1 Å². The van der Waals surface area contributed by atoms with Gasteiger partial charge in [0.15, 0.2) is 16.1 Å². The number of nitrogens with zero attached hydrogens (tertiary/aromatic N) is 5. The number of thiazole rings is 1. The average molecular weight is 389 g/mol. The Morgan fingerprint density at radius 3 is 2.81 bits per heavy atom. The van der Waals surface area contributed by atoms with Crippen LogP contribution in [0.4, 0.5) is 5.13 Å². The molecule has 26 heavy (non-hydrogen) atoms. The summed E-state index contributed by atoms with van der Waals surface area (Å²) in [6, 6.07) is 3.83. The summed E-state index contributed by atoms with van der Waals surface area (Å²) in [5.74, 6) is 1.08. The van der Waals surface area contributed by atoms with E-state index in [-0.39, 0.29) is 11.2 Å². The monoisotopic (exact) mass is 388 g/mol. The molecule has 9 heteroatoms. The lowest BCUT2D eigenvalue weighted by Crippen LogP contribution is -2.23. The average Bonchev–Trinajstić information content (AvgIpc) is 3.26. The Hall–Kier alpha value is -2.26. The van der Waals surface area contributed by atoms with E-state index in [1.807, 2.05) is 24.4 Å². The van der Waals surface area contributed by atoms with Crippen LogP contribution in [0.15, 0.2) is 41.3 Å². The number of thioether (sulfide) groups is 1. The second-order valence-corrected chi connectivity index (χ2v) is 8.34. The van der Waals surface area contributed by atoms with Crippen LogP contribution < -0.4 is 5.32 Å². The van der Waals surface area contributed by atoms with Crippen LogP contribution in [0.2, 0.25) is 0 Å². The van der Waals surface area contributed by atoms with Crippen LogP contribution in [0.25, 0.3) is 11.4 Å². The van der Waals surface area contributed by atoms with Crippen molar-refractivity contribution in [3.05, 3.63) is 36.1 Å². The third kappa shape index (κ3) is 4.47. The third-order valence-corrected chi connectivity index (χ3v) is 5.27. The number of hydrogen-bond acceptors (Lipinski definition) is 7. The summed E-state index contributed by atoms with van der Waals surface area (Å²) in [6.07, 6.45) is 5.17. The normalized spacial score (nSPS) is 12.3. The quantitative estimate of drug-likeness (QED) is 0.623. The maximum absolute atomic E-state index is 12.4. The van der Waals surface area contributed by atoms with Crippen molar-refractivity contribution >= 4 is 34.1 Å². The number of rotatable bonds is 7. The van der Waals surface area contributed by atoms with Gasteiger partial charge in [0.2, 0.25) is 5.91 Å². The maximum Gasteiger partial charge on any atom is 0.239 e.